The van der Waals surface area contributed by atoms with Gasteiger partial charge in [-0.25, -0.2) is 4.79 Å². The third-order valence-electron chi connectivity index (χ3n) is 3.49. The van der Waals surface area contributed by atoms with E-state index in [1.54, 1.807) is 11.5 Å². The van der Waals surface area contributed by atoms with Crippen molar-refractivity contribution in [3.8, 4) is 0 Å². The molecule has 1 aromatic carbocycles. The van der Waals surface area contributed by atoms with Crippen LogP contribution in [0.2, 0.25) is 0 Å². The van der Waals surface area contributed by atoms with Crippen LogP contribution in [0.5, 0.6) is 0 Å². The van der Waals surface area contributed by atoms with E-state index in [0.717, 1.165) is 17.5 Å². The molecule has 0 aliphatic carbocycles. The van der Waals surface area contributed by atoms with E-state index in [-0.39, 0.29) is 23.4 Å². The molecule has 0 saturated carbocycles. The number of ether oxygens (including phenoxy) is 1. The summed E-state index contributed by atoms with van der Waals surface area (Å²) in [5.41, 5.74) is 7.59. The van der Waals surface area contributed by atoms with Gasteiger partial charge in [0.2, 0.25) is 0 Å². The van der Waals surface area contributed by atoms with Crippen LogP contribution in [-0.2, 0) is 17.7 Å². The summed E-state index contributed by atoms with van der Waals surface area (Å²) in [6, 6.07) is 5.65. The van der Waals surface area contributed by atoms with Gasteiger partial charge in [-0.3, -0.25) is 4.79 Å². The zero-order valence-electron chi connectivity index (χ0n) is 10.6. The molecule has 2 aromatic rings. The van der Waals surface area contributed by atoms with Crippen LogP contribution in [0.4, 0.5) is 5.69 Å². The number of hydrogen-bond donors (Lipinski definition) is 1. The lowest BCUT2D eigenvalue weighted by Crippen LogP contribution is -2.25. The molecule has 0 saturated heterocycles. The lowest BCUT2D eigenvalue weighted by Gasteiger charge is -2.11. The molecule has 98 valence electrons. The monoisotopic (exact) mass is 258 g/mol. The van der Waals surface area contributed by atoms with Crippen molar-refractivity contribution in [3.63, 3.8) is 0 Å². The number of rotatable bonds is 2. The highest BCUT2D eigenvalue weighted by Crippen LogP contribution is 2.29. The highest BCUT2D eigenvalue weighted by Gasteiger charge is 2.24. The Morgan fingerprint density at radius 2 is 2.26 bits per heavy atom. The fourth-order valence-electron chi connectivity index (χ4n) is 2.68. The van der Waals surface area contributed by atoms with Crippen molar-refractivity contribution in [1.82, 2.24) is 4.57 Å². The molecule has 0 amide bonds. The van der Waals surface area contributed by atoms with E-state index in [0.29, 0.717) is 11.9 Å². The SMILES string of the molecule is CCOC(=O)c1c(N)c(=O)n2c3c(cccc13)CC2. The maximum Gasteiger partial charge on any atom is 0.341 e. The Morgan fingerprint density at radius 3 is 3.00 bits per heavy atom. The zero-order valence-corrected chi connectivity index (χ0v) is 10.6. The van der Waals surface area contributed by atoms with Crippen molar-refractivity contribution >= 4 is 22.6 Å². The zero-order chi connectivity index (χ0) is 13.6. The summed E-state index contributed by atoms with van der Waals surface area (Å²) < 4.78 is 6.65. The van der Waals surface area contributed by atoms with Gasteiger partial charge in [0.05, 0.1) is 17.7 Å². The summed E-state index contributed by atoms with van der Waals surface area (Å²) in [5, 5.41) is 0.700. The van der Waals surface area contributed by atoms with Gasteiger partial charge in [-0.05, 0) is 18.9 Å². The Hall–Kier alpha value is -2.30. The minimum absolute atomic E-state index is 0.0231. The number of aryl methyl sites for hydroxylation is 2. The number of nitrogens with two attached hydrogens (primary N) is 1. The van der Waals surface area contributed by atoms with E-state index in [4.69, 9.17) is 10.5 Å². The minimum atomic E-state index is -0.534. The molecule has 0 bridgehead atoms. The largest absolute Gasteiger partial charge is 0.462 e. The predicted octanol–water partition coefficient (Wildman–Crippen LogP) is 1.32. The Kier molecular flexibility index (Phi) is 2.55. The average Bonchev–Trinajstić information content (AvgIpc) is 2.82. The van der Waals surface area contributed by atoms with E-state index in [2.05, 4.69) is 0 Å². The van der Waals surface area contributed by atoms with E-state index >= 15 is 0 Å². The first-order valence-electron chi connectivity index (χ1n) is 6.26. The molecule has 5 nitrogen and oxygen atoms in total. The van der Waals surface area contributed by atoms with Gasteiger partial charge in [0.15, 0.2) is 0 Å². The molecule has 5 heteroatoms. The van der Waals surface area contributed by atoms with Crippen LogP contribution < -0.4 is 11.3 Å². The smallest absolute Gasteiger partial charge is 0.341 e. The number of carbonyl (C=O) groups is 1. The number of benzene rings is 1. The van der Waals surface area contributed by atoms with E-state index in [1.165, 1.54) is 0 Å². The lowest BCUT2D eigenvalue weighted by atomic mass is 10.0. The van der Waals surface area contributed by atoms with E-state index < -0.39 is 5.97 Å². The van der Waals surface area contributed by atoms with Gasteiger partial charge in [-0.15, -0.1) is 0 Å². The highest BCUT2D eigenvalue weighted by molar-refractivity contribution is 6.08. The molecule has 0 spiro atoms. The van der Waals surface area contributed by atoms with Crippen LogP contribution in [0, 0.1) is 0 Å². The molecule has 1 aliphatic heterocycles. The number of esters is 1. The molecule has 19 heavy (non-hydrogen) atoms. The van der Waals surface area contributed by atoms with Crippen molar-refractivity contribution in [1.29, 1.82) is 0 Å². The summed E-state index contributed by atoms with van der Waals surface area (Å²) in [4.78, 5) is 24.2. The van der Waals surface area contributed by atoms with Crippen LogP contribution in [0.15, 0.2) is 23.0 Å². The number of nitrogens with zero attached hydrogens (tertiary/aromatic N) is 1. The van der Waals surface area contributed by atoms with Gasteiger partial charge in [0, 0.05) is 11.9 Å². The van der Waals surface area contributed by atoms with E-state index in [9.17, 15) is 9.59 Å². The molecule has 0 radical (unpaired) electrons. The van der Waals surface area contributed by atoms with Crippen molar-refractivity contribution in [3.05, 3.63) is 39.7 Å². The maximum absolute atomic E-state index is 12.2. The molecule has 0 fully saturated rings. The van der Waals surface area contributed by atoms with Crippen LogP contribution in [0.1, 0.15) is 22.8 Å². The Morgan fingerprint density at radius 1 is 1.47 bits per heavy atom. The molecule has 2 N–H and O–H groups in total. The first-order valence-corrected chi connectivity index (χ1v) is 6.26. The van der Waals surface area contributed by atoms with Gasteiger partial charge in [-0.1, -0.05) is 18.2 Å². The minimum Gasteiger partial charge on any atom is -0.462 e. The first-order chi connectivity index (χ1) is 9.15. The molecule has 1 aliphatic rings. The van der Waals surface area contributed by atoms with E-state index in [1.807, 2.05) is 18.2 Å². The van der Waals surface area contributed by atoms with Crippen molar-refractivity contribution in [2.75, 3.05) is 12.3 Å². The summed E-state index contributed by atoms with van der Waals surface area (Å²) in [6.07, 6.45) is 0.790. The van der Waals surface area contributed by atoms with Gasteiger partial charge >= 0.3 is 5.97 Å². The molecule has 0 atom stereocenters. The van der Waals surface area contributed by atoms with Gasteiger partial charge in [-0.2, -0.15) is 0 Å². The highest BCUT2D eigenvalue weighted by atomic mass is 16.5. The molecular formula is C14H14N2O3. The van der Waals surface area contributed by atoms with Crippen LogP contribution in [-0.4, -0.2) is 17.1 Å². The number of hydrogen-bond acceptors (Lipinski definition) is 4. The second-order valence-electron chi connectivity index (χ2n) is 4.53. The first kappa shape index (κ1) is 11.8. The fraction of sp³-hybridized carbons (Fsp3) is 0.286. The number of anilines is 1. The number of para-hydroxylation sites is 1. The average molecular weight is 258 g/mol. The van der Waals surface area contributed by atoms with Crippen LogP contribution in [0.3, 0.4) is 0 Å². The Balaban J connectivity index is 2.43. The molecule has 3 rings (SSSR count). The molecule has 2 heterocycles. The molecular weight excluding hydrogens is 244 g/mol. The van der Waals surface area contributed by atoms with Crippen LogP contribution >= 0.6 is 0 Å². The van der Waals surface area contributed by atoms with Gasteiger partial charge in [0.25, 0.3) is 5.56 Å². The number of nitrogen functional groups attached to an aromatic ring is 1. The standard InChI is InChI=1S/C14H14N2O3/c1-2-19-14(18)10-9-5-3-4-8-6-7-16(12(8)9)13(17)11(10)15/h3-5H,2,6-7,15H2,1H3. The third kappa shape index (κ3) is 1.54. The van der Waals surface area contributed by atoms with Crippen molar-refractivity contribution in [2.24, 2.45) is 0 Å². The normalized spacial score (nSPS) is 12.9. The van der Waals surface area contributed by atoms with Crippen molar-refractivity contribution < 1.29 is 9.53 Å². The molecule has 1 aromatic heterocycles. The summed E-state index contributed by atoms with van der Waals surface area (Å²) in [7, 11) is 0. The van der Waals surface area contributed by atoms with Gasteiger partial charge in [0.1, 0.15) is 5.69 Å². The third-order valence-corrected chi connectivity index (χ3v) is 3.49. The van der Waals surface area contributed by atoms with Crippen molar-refractivity contribution in [2.45, 2.75) is 19.9 Å². The number of carbonyl (C=O) groups excluding carboxylic acids is 1. The predicted molar refractivity (Wildman–Crippen MR) is 72.3 cm³/mol. The number of pyridine rings is 1. The topological polar surface area (TPSA) is 74.3 Å². The second-order valence-corrected chi connectivity index (χ2v) is 4.53. The Bertz CT molecular complexity index is 746. The second kappa shape index (κ2) is 4.12. The quantitative estimate of drug-likeness (QED) is 0.824. The summed E-state index contributed by atoms with van der Waals surface area (Å²) in [6.45, 7) is 2.59. The lowest BCUT2D eigenvalue weighted by molar-refractivity contribution is 0.0529. The fourth-order valence-corrected chi connectivity index (χ4v) is 2.68. The molecule has 0 unspecified atom stereocenters. The summed E-state index contributed by atoms with van der Waals surface area (Å²) in [5.74, 6) is -0.534. The Labute approximate surface area is 109 Å². The van der Waals surface area contributed by atoms with Gasteiger partial charge < -0.3 is 15.0 Å². The maximum atomic E-state index is 12.2. The summed E-state index contributed by atoms with van der Waals surface area (Å²) >= 11 is 0. The number of aromatic nitrogens is 1. The van der Waals surface area contributed by atoms with Crippen LogP contribution in [0.25, 0.3) is 10.9 Å².